The van der Waals surface area contributed by atoms with E-state index in [1.807, 2.05) is 30.3 Å². The topological polar surface area (TPSA) is 46.3 Å². The first-order valence-electron chi connectivity index (χ1n) is 4.97. The molecule has 0 aliphatic carbocycles. The molecule has 3 nitrogen and oxygen atoms in total. The summed E-state index contributed by atoms with van der Waals surface area (Å²) in [7, 11) is 0. The van der Waals surface area contributed by atoms with Crippen LogP contribution in [0.15, 0.2) is 47.2 Å². The van der Waals surface area contributed by atoms with Crippen LogP contribution in [0.25, 0.3) is 0 Å². The minimum atomic E-state index is -0.611. The van der Waals surface area contributed by atoms with Crippen LogP contribution in [-0.4, -0.2) is 10.1 Å². The van der Waals surface area contributed by atoms with Crippen LogP contribution >= 0.6 is 0 Å². The number of aliphatic hydroxyl groups is 1. The van der Waals surface area contributed by atoms with Crippen LogP contribution in [0.2, 0.25) is 0 Å². The van der Waals surface area contributed by atoms with Crippen LogP contribution in [0.5, 0.6) is 0 Å². The van der Waals surface area contributed by atoms with Gasteiger partial charge in [0.25, 0.3) is 0 Å². The standard InChI is InChI=1S/C12H13NO2/c14-11(12-13-8-9-15-12)7-6-10-4-2-1-3-5-10/h1-5,8-9,11,14H,6-7H2. The van der Waals surface area contributed by atoms with Crippen molar-refractivity contribution in [2.45, 2.75) is 18.9 Å². The third-order valence-corrected chi connectivity index (χ3v) is 2.29. The summed E-state index contributed by atoms with van der Waals surface area (Å²) < 4.78 is 5.02. The van der Waals surface area contributed by atoms with Crippen molar-refractivity contribution < 1.29 is 9.52 Å². The van der Waals surface area contributed by atoms with Crippen molar-refractivity contribution in [1.29, 1.82) is 0 Å². The number of nitrogens with zero attached hydrogens (tertiary/aromatic N) is 1. The van der Waals surface area contributed by atoms with Gasteiger partial charge in [0.2, 0.25) is 5.89 Å². The number of benzene rings is 1. The molecule has 0 fully saturated rings. The zero-order valence-corrected chi connectivity index (χ0v) is 8.34. The van der Waals surface area contributed by atoms with E-state index in [1.54, 1.807) is 6.20 Å². The van der Waals surface area contributed by atoms with Crippen molar-refractivity contribution in [3.8, 4) is 0 Å². The van der Waals surface area contributed by atoms with Gasteiger partial charge in [-0.3, -0.25) is 0 Å². The van der Waals surface area contributed by atoms with Crippen LogP contribution < -0.4 is 0 Å². The Morgan fingerprint density at radius 2 is 2.07 bits per heavy atom. The van der Waals surface area contributed by atoms with Crippen LogP contribution in [0.4, 0.5) is 0 Å². The number of hydrogen-bond donors (Lipinski definition) is 1. The van der Waals surface area contributed by atoms with Gasteiger partial charge in [0.15, 0.2) is 0 Å². The number of aromatic nitrogens is 1. The smallest absolute Gasteiger partial charge is 0.222 e. The highest BCUT2D eigenvalue weighted by Crippen LogP contribution is 2.16. The lowest BCUT2D eigenvalue weighted by Crippen LogP contribution is -1.99. The molecule has 1 N–H and O–H groups in total. The van der Waals surface area contributed by atoms with E-state index in [-0.39, 0.29) is 0 Å². The predicted octanol–water partition coefficient (Wildman–Crippen LogP) is 2.34. The summed E-state index contributed by atoms with van der Waals surface area (Å²) in [4.78, 5) is 3.91. The van der Waals surface area contributed by atoms with Crippen LogP contribution in [-0.2, 0) is 6.42 Å². The maximum atomic E-state index is 9.71. The molecule has 1 unspecified atom stereocenters. The number of oxazole rings is 1. The Hall–Kier alpha value is -1.61. The minimum absolute atomic E-state index is 0.394. The third-order valence-electron chi connectivity index (χ3n) is 2.29. The van der Waals surface area contributed by atoms with Crippen molar-refractivity contribution in [1.82, 2.24) is 4.98 Å². The maximum absolute atomic E-state index is 9.71. The number of rotatable bonds is 4. The van der Waals surface area contributed by atoms with E-state index in [4.69, 9.17) is 4.42 Å². The summed E-state index contributed by atoms with van der Waals surface area (Å²) in [5, 5.41) is 9.71. The van der Waals surface area contributed by atoms with E-state index in [0.29, 0.717) is 12.3 Å². The molecule has 2 aromatic rings. The van der Waals surface area contributed by atoms with Gasteiger partial charge in [-0.15, -0.1) is 0 Å². The minimum Gasteiger partial charge on any atom is -0.446 e. The fraction of sp³-hybridized carbons (Fsp3) is 0.250. The Kier molecular flexibility index (Phi) is 3.15. The molecule has 0 aliphatic heterocycles. The molecule has 2 rings (SSSR count). The summed E-state index contributed by atoms with van der Waals surface area (Å²) in [5.41, 5.74) is 1.21. The summed E-state index contributed by atoms with van der Waals surface area (Å²) in [6, 6.07) is 10.1. The van der Waals surface area contributed by atoms with Crippen molar-refractivity contribution in [2.75, 3.05) is 0 Å². The van der Waals surface area contributed by atoms with Crippen molar-refractivity contribution in [3.63, 3.8) is 0 Å². The summed E-state index contributed by atoms with van der Waals surface area (Å²) in [6.45, 7) is 0. The fourth-order valence-corrected chi connectivity index (χ4v) is 1.47. The highest BCUT2D eigenvalue weighted by atomic mass is 16.4. The number of hydrogen-bond acceptors (Lipinski definition) is 3. The van der Waals surface area contributed by atoms with Gasteiger partial charge < -0.3 is 9.52 Å². The molecule has 0 bridgehead atoms. The SMILES string of the molecule is OC(CCc1ccccc1)c1ncco1. The molecule has 3 heteroatoms. The molecular weight excluding hydrogens is 190 g/mol. The van der Waals surface area contributed by atoms with Crippen LogP contribution in [0, 0.1) is 0 Å². The Morgan fingerprint density at radius 3 is 2.73 bits per heavy atom. The highest BCUT2D eigenvalue weighted by Gasteiger charge is 2.11. The second-order valence-electron chi connectivity index (χ2n) is 3.41. The number of aryl methyl sites for hydroxylation is 1. The monoisotopic (exact) mass is 203 g/mol. The van der Waals surface area contributed by atoms with Crippen molar-refractivity contribution in [3.05, 3.63) is 54.2 Å². The fourth-order valence-electron chi connectivity index (χ4n) is 1.47. The summed E-state index contributed by atoms with van der Waals surface area (Å²) in [6.07, 6.45) is 3.86. The Bertz CT molecular complexity index is 383. The average molecular weight is 203 g/mol. The molecule has 0 radical (unpaired) electrons. The normalized spacial score (nSPS) is 12.6. The van der Waals surface area contributed by atoms with Crippen molar-refractivity contribution in [2.24, 2.45) is 0 Å². The van der Waals surface area contributed by atoms with Gasteiger partial charge in [-0.1, -0.05) is 30.3 Å². The average Bonchev–Trinajstić information content (AvgIpc) is 2.81. The second-order valence-corrected chi connectivity index (χ2v) is 3.41. The Labute approximate surface area is 88.4 Å². The largest absolute Gasteiger partial charge is 0.446 e. The zero-order chi connectivity index (χ0) is 10.5. The van der Waals surface area contributed by atoms with Gasteiger partial charge in [-0.25, -0.2) is 4.98 Å². The van der Waals surface area contributed by atoms with Gasteiger partial charge >= 0.3 is 0 Å². The first kappa shape index (κ1) is 9.93. The molecule has 15 heavy (non-hydrogen) atoms. The quantitative estimate of drug-likeness (QED) is 0.829. The molecule has 0 saturated heterocycles. The van der Waals surface area contributed by atoms with E-state index >= 15 is 0 Å². The van der Waals surface area contributed by atoms with E-state index in [1.165, 1.54) is 11.8 Å². The molecule has 0 saturated carbocycles. The molecule has 1 aromatic heterocycles. The maximum Gasteiger partial charge on any atom is 0.222 e. The Morgan fingerprint density at radius 1 is 1.27 bits per heavy atom. The molecule has 0 aliphatic rings. The molecule has 1 heterocycles. The van der Waals surface area contributed by atoms with E-state index in [9.17, 15) is 5.11 Å². The third kappa shape index (κ3) is 2.67. The van der Waals surface area contributed by atoms with Gasteiger partial charge in [-0.05, 0) is 18.4 Å². The Balaban J connectivity index is 1.89. The molecule has 1 atom stereocenters. The second kappa shape index (κ2) is 4.75. The van der Waals surface area contributed by atoms with E-state index < -0.39 is 6.10 Å². The van der Waals surface area contributed by atoms with Crippen LogP contribution in [0.3, 0.4) is 0 Å². The van der Waals surface area contributed by atoms with Crippen LogP contribution in [0.1, 0.15) is 24.0 Å². The van der Waals surface area contributed by atoms with E-state index in [2.05, 4.69) is 4.98 Å². The summed E-state index contributed by atoms with van der Waals surface area (Å²) >= 11 is 0. The van der Waals surface area contributed by atoms with E-state index in [0.717, 1.165) is 6.42 Å². The van der Waals surface area contributed by atoms with Crippen molar-refractivity contribution >= 4 is 0 Å². The van der Waals surface area contributed by atoms with Gasteiger partial charge in [-0.2, -0.15) is 0 Å². The molecule has 0 amide bonds. The molecule has 0 spiro atoms. The lowest BCUT2D eigenvalue weighted by molar-refractivity contribution is 0.134. The highest BCUT2D eigenvalue weighted by molar-refractivity contribution is 5.14. The first-order valence-corrected chi connectivity index (χ1v) is 4.97. The molecule has 78 valence electrons. The molecule has 1 aromatic carbocycles. The lowest BCUT2D eigenvalue weighted by atomic mass is 10.1. The van der Waals surface area contributed by atoms with Gasteiger partial charge in [0.1, 0.15) is 12.4 Å². The predicted molar refractivity (Wildman–Crippen MR) is 56.2 cm³/mol. The number of aliphatic hydroxyl groups excluding tert-OH is 1. The molecular formula is C12H13NO2. The zero-order valence-electron chi connectivity index (χ0n) is 8.34. The van der Waals surface area contributed by atoms with Gasteiger partial charge in [0, 0.05) is 0 Å². The first-order chi connectivity index (χ1) is 7.36. The lowest BCUT2D eigenvalue weighted by Gasteiger charge is -2.05. The summed E-state index contributed by atoms with van der Waals surface area (Å²) in [5.74, 6) is 0.394. The van der Waals surface area contributed by atoms with Gasteiger partial charge in [0.05, 0.1) is 6.20 Å².